The number of rotatable bonds is 8. The van der Waals surface area contributed by atoms with Crippen LogP contribution in [0.1, 0.15) is 39.5 Å². The number of para-hydroxylation sites is 1. The highest BCUT2D eigenvalue weighted by Crippen LogP contribution is 2.14. The molecule has 2 aromatic rings. The highest BCUT2D eigenvalue weighted by Gasteiger charge is 2.05. The van der Waals surface area contributed by atoms with E-state index in [2.05, 4.69) is 29.3 Å². The molecular weight excluding hydrogens is 332 g/mol. The molecule has 0 unspecified atom stereocenters. The number of aromatic nitrogens is 2. The van der Waals surface area contributed by atoms with Crippen molar-refractivity contribution < 1.29 is 4.74 Å². The van der Waals surface area contributed by atoms with Crippen LogP contribution in [-0.4, -0.2) is 28.0 Å². The molecule has 6 heteroatoms. The number of ether oxygens (including phenoxy) is 1. The Morgan fingerprint density at radius 2 is 1.96 bits per heavy atom. The molecule has 0 aliphatic heterocycles. The van der Waals surface area contributed by atoms with Gasteiger partial charge in [-0.15, -0.1) is 0 Å². The summed E-state index contributed by atoms with van der Waals surface area (Å²) < 4.78 is 7.71. The van der Waals surface area contributed by atoms with E-state index in [1.807, 2.05) is 36.4 Å². The van der Waals surface area contributed by atoms with Gasteiger partial charge in [0.05, 0.1) is 23.8 Å². The molecule has 0 saturated heterocycles. The first-order valence-corrected chi connectivity index (χ1v) is 9.25. The van der Waals surface area contributed by atoms with Crippen LogP contribution in [0.25, 0.3) is 5.69 Å². The lowest BCUT2D eigenvalue weighted by atomic mass is 10.3. The fourth-order valence-corrected chi connectivity index (χ4v) is 2.38. The zero-order valence-electron chi connectivity index (χ0n) is 14.9. The molecule has 0 bridgehead atoms. The standard InChI is InChI=1S/C19H26N4OS/c1-3-5-12-20-19(25)22-16-14-18(24-13-6-4-2)23(21-15-16)17-10-8-7-9-11-17/h7-11,14-15H,3-6,12-13H2,1-2H3,(H,20,25)/b22-16-. The minimum Gasteiger partial charge on any atom is -0.478 e. The molecule has 0 aliphatic carbocycles. The molecule has 0 radical (unpaired) electrons. The van der Waals surface area contributed by atoms with E-state index in [1.54, 1.807) is 10.9 Å². The third kappa shape index (κ3) is 6.31. The molecule has 1 N–H and O–H groups in total. The first-order chi connectivity index (χ1) is 12.2. The summed E-state index contributed by atoms with van der Waals surface area (Å²) in [5.74, 6) is 0.664. The summed E-state index contributed by atoms with van der Waals surface area (Å²) in [6.45, 7) is 5.76. The molecule has 1 aromatic carbocycles. The highest BCUT2D eigenvalue weighted by molar-refractivity contribution is 7.80. The van der Waals surface area contributed by atoms with E-state index < -0.39 is 0 Å². The second-order valence-electron chi connectivity index (χ2n) is 5.70. The van der Waals surface area contributed by atoms with Gasteiger partial charge < -0.3 is 10.1 Å². The molecule has 1 aromatic heterocycles. The third-order valence-electron chi connectivity index (χ3n) is 3.57. The molecule has 25 heavy (non-hydrogen) atoms. The number of unbranched alkanes of at least 4 members (excludes halogenated alkanes) is 2. The Hall–Kier alpha value is -2.21. The van der Waals surface area contributed by atoms with Crippen LogP contribution in [0.2, 0.25) is 0 Å². The van der Waals surface area contributed by atoms with E-state index in [0.29, 0.717) is 23.0 Å². The van der Waals surface area contributed by atoms with Crippen molar-refractivity contribution in [3.8, 4) is 11.6 Å². The summed E-state index contributed by atoms with van der Waals surface area (Å²) in [5, 5.41) is 8.79. The van der Waals surface area contributed by atoms with Crippen LogP contribution in [0.3, 0.4) is 0 Å². The summed E-state index contributed by atoms with van der Waals surface area (Å²) in [5.41, 5.74) is 0.948. The van der Waals surface area contributed by atoms with E-state index in [-0.39, 0.29) is 0 Å². The quantitative estimate of drug-likeness (QED) is 0.578. The number of benzene rings is 1. The van der Waals surface area contributed by atoms with Gasteiger partial charge in [-0.1, -0.05) is 44.9 Å². The second kappa shape index (κ2) is 10.6. The van der Waals surface area contributed by atoms with Crippen LogP contribution in [-0.2, 0) is 0 Å². The largest absolute Gasteiger partial charge is 0.478 e. The van der Waals surface area contributed by atoms with E-state index in [4.69, 9.17) is 17.0 Å². The van der Waals surface area contributed by atoms with Gasteiger partial charge in [-0.2, -0.15) is 5.10 Å². The fourth-order valence-electron chi connectivity index (χ4n) is 2.18. The summed E-state index contributed by atoms with van der Waals surface area (Å²) >= 11 is 5.27. The molecule has 5 nitrogen and oxygen atoms in total. The zero-order valence-corrected chi connectivity index (χ0v) is 15.8. The van der Waals surface area contributed by atoms with Gasteiger partial charge in [0.25, 0.3) is 0 Å². The van der Waals surface area contributed by atoms with Crippen LogP contribution in [0, 0.1) is 0 Å². The lowest BCUT2D eigenvalue weighted by Crippen LogP contribution is -2.23. The normalized spacial score (nSPS) is 11.4. The van der Waals surface area contributed by atoms with Gasteiger partial charge in [-0.3, -0.25) is 0 Å². The first-order valence-electron chi connectivity index (χ1n) is 8.84. The summed E-state index contributed by atoms with van der Waals surface area (Å²) in [6.07, 6.45) is 5.96. The number of hydrogen-bond donors (Lipinski definition) is 1. The third-order valence-corrected chi connectivity index (χ3v) is 3.81. The van der Waals surface area contributed by atoms with E-state index in [0.717, 1.165) is 37.9 Å². The van der Waals surface area contributed by atoms with Gasteiger partial charge in [-0.05, 0) is 37.2 Å². The minimum absolute atomic E-state index is 0.479. The van der Waals surface area contributed by atoms with Gasteiger partial charge in [0.1, 0.15) is 0 Å². The predicted octanol–water partition coefficient (Wildman–Crippen LogP) is 3.63. The molecular formula is C19H26N4OS. The lowest BCUT2D eigenvalue weighted by molar-refractivity contribution is 0.284. The van der Waals surface area contributed by atoms with Crippen LogP contribution in [0.5, 0.6) is 5.88 Å². The van der Waals surface area contributed by atoms with Crippen molar-refractivity contribution in [1.29, 1.82) is 0 Å². The molecule has 0 aliphatic rings. The Bertz CT molecular complexity index is 728. The van der Waals surface area contributed by atoms with Crippen LogP contribution in [0.4, 0.5) is 0 Å². The van der Waals surface area contributed by atoms with E-state index in [1.165, 1.54) is 0 Å². The highest BCUT2D eigenvalue weighted by atomic mass is 32.1. The maximum absolute atomic E-state index is 5.93. The number of nitrogens with one attached hydrogen (secondary N) is 1. The van der Waals surface area contributed by atoms with Gasteiger partial charge in [0, 0.05) is 12.6 Å². The van der Waals surface area contributed by atoms with Gasteiger partial charge in [0.15, 0.2) is 5.11 Å². The molecule has 0 atom stereocenters. The van der Waals surface area contributed by atoms with Crippen molar-refractivity contribution in [3.05, 3.63) is 48.0 Å². The lowest BCUT2D eigenvalue weighted by Gasteiger charge is -2.13. The topological polar surface area (TPSA) is 51.4 Å². The molecule has 2 rings (SSSR count). The SMILES string of the molecule is CCCCNC(=S)/N=c1\cnn(-c2ccccc2)c(OCCCC)c1. The number of nitrogens with zero attached hydrogens (tertiary/aromatic N) is 3. The Kier molecular flexibility index (Phi) is 8.12. The molecule has 134 valence electrons. The predicted molar refractivity (Wildman–Crippen MR) is 105 cm³/mol. The van der Waals surface area contributed by atoms with E-state index in [9.17, 15) is 0 Å². The molecule has 0 fully saturated rings. The first kappa shape index (κ1) is 19.1. The average Bonchev–Trinajstić information content (AvgIpc) is 2.63. The maximum Gasteiger partial charge on any atom is 0.217 e. The minimum atomic E-state index is 0.479. The monoisotopic (exact) mass is 358 g/mol. The Labute approximate surface area is 154 Å². The average molecular weight is 359 g/mol. The number of thiocarbonyl (C=S) groups is 1. The molecule has 0 amide bonds. The Morgan fingerprint density at radius 3 is 2.68 bits per heavy atom. The molecule has 0 spiro atoms. The zero-order chi connectivity index (χ0) is 17.9. The number of hydrogen-bond acceptors (Lipinski definition) is 3. The van der Waals surface area contributed by atoms with Crippen molar-refractivity contribution in [3.63, 3.8) is 0 Å². The van der Waals surface area contributed by atoms with Crippen LogP contribution < -0.4 is 15.4 Å². The van der Waals surface area contributed by atoms with Gasteiger partial charge >= 0.3 is 0 Å². The molecule has 0 saturated carbocycles. The fraction of sp³-hybridized carbons (Fsp3) is 0.421. The Balaban J connectivity index is 2.25. The van der Waals surface area contributed by atoms with Crippen molar-refractivity contribution in [2.24, 2.45) is 4.99 Å². The van der Waals surface area contributed by atoms with Gasteiger partial charge in [0.2, 0.25) is 5.88 Å². The summed E-state index contributed by atoms with van der Waals surface area (Å²) in [6, 6.07) is 11.8. The maximum atomic E-state index is 5.93. The summed E-state index contributed by atoms with van der Waals surface area (Å²) in [7, 11) is 0. The van der Waals surface area contributed by atoms with Crippen molar-refractivity contribution in [2.45, 2.75) is 39.5 Å². The second-order valence-corrected chi connectivity index (χ2v) is 6.09. The summed E-state index contributed by atoms with van der Waals surface area (Å²) in [4.78, 5) is 4.42. The van der Waals surface area contributed by atoms with Crippen molar-refractivity contribution >= 4 is 17.3 Å². The molecule has 1 heterocycles. The van der Waals surface area contributed by atoms with Crippen LogP contribution >= 0.6 is 12.2 Å². The van der Waals surface area contributed by atoms with Crippen molar-refractivity contribution in [1.82, 2.24) is 15.1 Å². The smallest absolute Gasteiger partial charge is 0.217 e. The van der Waals surface area contributed by atoms with Crippen LogP contribution in [0.15, 0.2) is 47.6 Å². The van der Waals surface area contributed by atoms with Gasteiger partial charge in [-0.25, -0.2) is 9.67 Å². The van der Waals surface area contributed by atoms with E-state index >= 15 is 0 Å². The van der Waals surface area contributed by atoms with Crippen molar-refractivity contribution in [2.75, 3.05) is 13.2 Å². The Morgan fingerprint density at radius 1 is 1.20 bits per heavy atom.